The summed E-state index contributed by atoms with van der Waals surface area (Å²) in [6.45, 7) is 2.51. The van der Waals surface area contributed by atoms with E-state index in [-0.39, 0.29) is 6.03 Å². The molecule has 3 nitrogen and oxygen atoms in total. The number of nitrogens with one attached hydrogen (secondary N) is 2. The maximum absolute atomic E-state index is 11.6. The normalized spacial score (nSPS) is 9.94. The molecule has 2 aromatic rings. The topological polar surface area (TPSA) is 41.1 Å². The molecular formula is C13H14N2OS. The summed E-state index contributed by atoms with van der Waals surface area (Å²) in [4.78, 5) is 11.6. The Balaban J connectivity index is 1.85. The van der Waals surface area contributed by atoms with Gasteiger partial charge >= 0.3 is 6.03 Å². The van der Waals surface area contributed by atoms with E-state index in [2.05, 4.69) is 10.6 Å². The Morgan fingerprint density at radius 3 is 2.65 bits per heavy atom. The molecule has 0 aliphatic heterocycles. The van der Waals surface area contributed by atoms with Crippen LogP contribution >= 0.6 is 11.3 Å². The van der Waals surface area contributed by atoms with Gasteiger partial charge in [-0.15, -0.1) is 11.3 Å². The summed E-state index contributed by atoms with van der Waals surface area (Å²) in [6, 6.07) is 9.66. The SMILES string of the molecule is Cc1cscc1NC(=O)NCc1ccccc1. The van der Waals surface area contributed by atoms with Gasteiger partial charge in [0, 0.05) is 11.9 Å². The highest BCUT2D eigenvalue weighted by Gasteiger charge is 2.04. The molecule has 0 spiro atoms. The molecule has 0 aliphatic carbocycles. The van der Waals surface area contributed by atoms with Crippen LogP contribution in [0.3, 0.4) is 0 Å². The van der Waals surface area contributed by atoms with E-state index in [1.165, 1.54) is 0 Å². The fourth-order valence-electron chi connectivity index (χ4n) is 1.43. The number of hydrogen-bond donors (Lipinski definition) is 2. The van der Waals surface area contributed by atoms with Gasteiger partial charge in [-0.2, -0.15) is 0 Å². The Bertz CT molecular complexity index is 493. The van der Waals surface area contributed by atoms with Gasteiger partial charge in [0.1, 0.15) is 0 Å². The van der Waals surface area contributed by atoms with Crippen molar-refractivity contribution in [1.29, 1.82) is 0 Å². The largest absolute Gasteiger partial charge is 0.334 e. The lowest BCUT2D eigenvalue weighted by Crippen LogP contribution is -2.28. The fraction of sp³-hybridized carbons (Fsp3) is 0.154. The minimum Gasteiger partial charge on any atom is -0.334 e. The fourth-order valence-corrected chi connectivity index (χ4v) is 2.21. The van der Waals surface area contributed by atoms with Crippen LogP contribution in [0.4, 0.5) is 10.5 Å². The molecule has 0 saturated carbocycles. The van der Waals surface area contributed by atoms with Crippen LogP contribution in [0.2, 0.25) is 0 Å². The smallest absolute Gasteiger partial charge is 0.319 e. The van der Waals surface area contributed by atoms with E-state index in [1.807, 2.05) is 48.0 Å². The predicted octanol–water partition coefficient (Wildman–Crippen LogP) is 3.38. The summed E-state index contributed by atoms with van der Waals surface area (Å²) in [5, 5.41) is 9.57. The van der Waals surface area contributed by atoms with Crippen LogP contribution in [0.15, 0.2) is 41.1 Å². The summed E-state index contributed by atoms with van der Waals surface area (Å²) in [5.41, 5.74) is 3.05. The molecule has 0 atom stereocenters. The second-order valence-electron chi connectivity index (χ2n) is 3.76. The molecule has 0 radical (unpaired) electrons. The molecule has 17 heavy (non-hydrogen) atoms. The predicted molar refractivity (Wildman–Crippen MR) is 71.4 cm³/mol. The van der Waals surface area contributed by atoms with Gasteiger partial charge in [0.05, 0.1) is 5.69 Å². The van der Waals surface area contributed by atoms with Gasteiger partial charge < -0.3 is 10.6 Å². The number of urea groups is 1. The van der Waals surface area contributed by atoms with Crippen molar-refractivity contribution in [3.05, 3.63) is 52.2 Å². The summed E-state index contributed by atoms with van der Waals surface area (Å²) in [7, 11) is 0. The number of anilines is 1. The molecule has 2 N–H and O–H groups in total. The summed E-state index contributed by atoms with van der Waals surface area (Å²) < 4.78 is 0. The first kappa shape index (κ1) is 11.7. The molecule has 1 aromatic heterocycles. The van der Waals surface area contributed by atoms with Crippen molar-refractivity contribution in [3.8, 4) is 0 Å². The summed E-state index contributed by atoms with van der Waals surface area (Å²) in [6.07, 6.45) is 0. The first-order chi connectivity index (χ1) is 8.25. The number of rotatable bonds is 3. The van der Waals surface area contributed by atoms with Gasteiger partial charge in [0.25, 0.3) is 0 Å². The Morgan fingerprint density at radius 2 is 2.00 bits per heavy atom. The highest BCUT2D eigenvalue weighted by molar-refractivity contribution is 7.08. The van der Waals surface area contributed by atoms with Gasteiger partial charge in [-0.1, -0.05) is 30.3 Å². The molecule has 0 unspecified atom stereocenters. The third-order valence-corrected chi connectivity index (χ3v) is 3.26. The van der Waals surface area contributed by atoms with Crippen molar-refractivity contribution in [2.45, 2.75) is 13.5 Å². The second-order valence-corrected chi connectivity index (χ2v) is 4.51. The number of amides is 2. The standard InChI is InChI=1S/C13H14N2OS/c1-10-8-17-9-12(10)15-13(16)14-7-11-5-3-2-4-6-11/h2-6,8-9H,7H2,1H3,(H2,14,15,16). The summed E-state index contributed by atoms with van der Waals surface area (Å²) in [5.74, 6) is 0. The van der Waals surface area contributed by atoms with Crippen LogP contribution in [0.25, 0.3) is 0 Å². The number of carbonyl (C=O) groups is 1. The van der Waals surface area contributed by atoms with Gasteiger partial charge in [-0.05, 0) is 23.4 Å². The lowest BCUT2D eigenvalue weighted by Gasteiger charge is -2.07. The zero-order chi connectivity index (χ0) is 12.1. The van der Waals surface area contributed by atoms with E-state index in [4.69, 9.17) is 0 Å². The van der Waals surface area contributed by atoms with Crippen LogP contribution in [-0.4, -0.2) is 6.03 Å². The van der Waals surface area contributed by atoms with Crippen LogP contribution in [0.1, 0.15) is 11.1 Å². The average Bonchev–Trinajstić information content (AvgIpc) is 2.74. The molecule has 1 aromatic carbocycles. The van der Waals surface area contributed by atoms with E-state index in [9.17, 15) is 4.79 Å². The minimum atomic E-state index is -0.171. The number of aryl methyl sites for hydroxylation is 1. The maximum Gasteiger partial charge on any atom is 0.319 e. The van der Waals surface area contributed by atoms with Crippen LogP contribution in [0.5, 0.6) is 0 Å². The van der Waals surface area contributed by atoms with Gasteiger partial charge in [-0.3, -0.25) is 0 Å². The Kier molecular flexibility index (Phi) is 3.77. The minimum absolute atomic E-state index is 0.171. The molecule has 2 rings (SSSR count). The molecule has 88 valence electrons. The number of thiophene rings is 1. The lowest BCUT2D eigenvalue weighted by atomic mass is 10.2. The van der Waals surface area contributed by atoms with E-state index < -0.39 is 0 Å². The molecular weight excluding hydrogens is 232 g/mol. The number of benzene rings is 1. The van der Waals surface area contributed by atoms with Crippen LogP contribution < -0.4 is 10.6 Å². The third-order valence-electron chi connectivity index (χ3n) is 2.40. The molecule has 0 saturated heterocycles. The van der Waals surface area contributed by atoms with Crippen molar-refractivity contribution in [2.75, 3.05) is 5.32 Å². The maximum atomic E-state index is 11.6. The Labute approximate surface area is 104 Å². The third kappa shape index (κ3) is 3.32. The molecule has 0 aliphatic rings. The van der Waals surface area contributed by atoms with Gasteiger partial charge in [0.15, 0.2) is 0 Å². The highest BCUT2D eigenvalue weighted by atomic mass is 32.1. The van der Waals surface area contributed by atoms with E-state index in [1.54, 1.807) is 11.3 Å². The monoisotopic (exact) mass is 246 g/mol. The lowest BCUT2D eigenvalue weighted by molar-refractivity contribution is 0.251. The second kappa shape index (κ2) is 5.50. The van der Waals surface area contributed by atoms with Crippen molar-refractivity contribution >= 4 is 23.1 Å². The van der Waals surface area contributed by atoms with Crippen molar-refractivity contribution in [3.63, 3.8) is 0 Å². The van der Waals surface area contributed by atoms with Gasteiger partial charge in [-0.25, -0.2) is 4.79 Å². The summed E-state index contributed by atoms with van der Waals surface area (Å²) >= 11 is 1.58. The van der Waals surface area contributed by atoms with E-state index in [0.717, 1.165) is 16.8 Å². The highest BCUT2D eigenvalue weighted by Crippen LogP contribution is 2.18. The molecule has 0 fully saturated rings. The first-order valence-electron chi connectivity index (χ1n) is 5.37. The first-order valence-corrected chi connectivity index (χ1v) is 6.31. The van der Waals surface area contributed by atoms with E-state index in [0.29, 0.717) is 6.54 Å². The van der Waals surface area contributed by atoms with Crippen molar-refractivity contribution in [2.24, 2.45) is 0 Å². The number of hydrogen-bond acceptors (Lipinski definition) is 2. The Hall–Kier alpha value is -1.81. The average molecular weight is 246 g/mol. The molecule has 4 heteroatoms. The number of carbonyl (C=O) groups excluding carboxylic acids is 1. The van der Waals surface area contributed by atoms with Gasteiger partial charge in [0.2, 0.25) is 0 Å². The Morgan fingerprint density at radius 1 is 1.24 bits per heavy atom. The molecule has 0 bridgehead atoms. The van der Waals surface area contributed by atoms with Crippen molar-refractivity contribution in [1.82, 2.24) is 5.32 Å². The zero-order valence-electron chi connectivity index (χ0n) is 9.57. The zero-order valence-corrected chi connectivity index (χ0v) is 10.4. The quantitative estimate of drug-likeness (QED) is 0.856. The molecule has 1 heterocycles. The van der Waals surface area contributed by atoms with E-state index >= 15 is 0 Å². The van der Waals surface area contributed by atoms with Crippen LogP contribution in [-0.2, 0) is 6.54 Å². The van der Waals surface area contributed by atoms with Crippen molar-refractivity contribution < 1.29 is 4.79 Å². The van der Waals surface area contributed by atoms with Crippen LogP contribution in [0, 0.1) is 6.92 Å². The molecule has 2 amide bonds.